The molecule has 2 rings (SSSR count). The van der Waals surface area contributed by atoms with Crippen molar-refractivity contribution in [2.75, 3.05) is 26.2 Å². The van der Waals surface area contributed by atoms with Gasteiger partial charge in [-0.05, 0) is 12.3 Å². The molecule has 1 aliphatic rings. The summed E-state index contributed by atoms with van der Waals surface area (Å²) in [4.78, 5) is 2.08. The van der Waals surface area contributed by atoms with Crippen LogP contribution in [0.2, 0.25) is 0 Å². The van der Waals surface area contributed by atoms with Gasteiger partial charge in [0.25, 0.3) is 0 Å². The minimum Gasteiger partial charge on any atom is -0.314 e. The lowest BCUT2D eigenvalue weighted by Crippen LogP contribution is -2.45. The summed E-state index contributed by atoms with van der Waals surface area (Å²) in [6.07, 6.45) is 0.652. The molecule has 0 spiro atoms. The van der Waals surface area contributed by atoms with Gasteiger partial charge in [0.05, 0.1) is 0 Å². The second-order valence-electron chi connectivity index (χ2n) is 5.71. The van der Waals surface area contributed by atoms with E-state index in [0.717, 1.165) is 38.3 Å². The molecule has 1 fully saturated rings. The van der Waals surface area contributed by atoms with Crippen LogP contribution in [0.25, 0.3) is 0 Å². The van der Waals surface area contributed by atoms with Crippen LogP contribution in [0, 0.1) is 23.4 Å². The van der Waals surface area contributed by atoms with E-state index in [4.69, 9.17) is 0 Å². The molecule has 1 aromatic rings. The highest BCUT2D eigenvalue weighted by Gasteiger charge is 2.28. The van der Waals surface area contributed by atoms with Crippen LogP contribution in [0.15, 0.2) is 12.1 Å². The molecule has 112 valence electrons. The van der Waals surface area contributed by atoms with Crippen molar-refractivity contribution in [1.82, 2.24) is 10.2 Å². The maximum atomic E-state index is 14.0. The predicted octanol–water partition coefficient (Wildman–Crippen LogP) is 3.10. The minimum atomic E-state index is -0.868. The van der Waals surface area contributed by atoms with Crippen molar-refractivity contribution in [1.29, 1.82) is 0 Å². The molecule has 0 aliphatic carbocycles. The van der Waals surface area contributed by atoms with E-state index in [1.807, 2.05) is 13.8 Å². The van der Waals surface area contributed by atoms with Crippen molar-refractivity contribution in [3.63, 3.8) is 0 Å². The van der Waals surface area contributed by atoms with Crippen LogP contribution >= 0.6 is 0 Å². The smallest absolute Gasteiger partial charge is 0.133 e. The van der Waals surface area contributed by atoms with Crippen molar-refractivity contribution >= 4 is 0 Å². The van der Waals surface area contributed by atoms with Gasteiger partial charge >= 0.3 is 0 Å². The lowest BCUT2D eigenvalue weighted by atomic mass is 9.94. The number of rotatable bonds is 4. The van der Waals surface area contributed by atoms with E-state index in [2.05, 4.69) is 10.2 Å². The zero-order valence-electron chi connectivity index (χ0n) is 11.9. The Morgan fingerprint density at radius 2 is 1.65 bits per heavy atom. The Labute approximate surface area is 118 Å². The van der Waals surface area contributed by atoms with Crippen molar-refractivity contribution in [3.8, 4) is 0 Å². The molecule has 0 bridgehead atoms. The summed E-state index contributed by atoms with van der Waals surface area (Å²) < 4.78 is 41.2. The standard InChI is InChI=1S/C15H21F3N2/c1-10(2)7-14(20-5-3-19-4-6-20)15-12(17)8-11(16)9-13(15)18/h8-10,14,19H,3-7H2,1-2H3/t14-/m0/s1. The predicted molar refractivity (Wildman–Crippen MR) is 73.0 cm³/mol. The molecule has 20 heavy (non-hydrogen) atoms. The van der Waals surface area contributed by atoms with Crippen LogP contribution in [0.1, 0.15) is 31.9 Å². The van der Waals surface area contributed by atoms with Gasteiger partial charge in [0.2, 0.25) is 0 Å². The molecular formula is C15H21F3N2. The van der Waals surface area contributed by atoms with Crippen LogP contribution in [0.4, 0.5) is 13.2 Å². The van der Waals surface area contributed by atoms with E-state index in [1.165, 1.54) is 0 Å². The lowest BCUT2D eigenvalue weighted by molar-refractivity contribution is 0.147. The van der Waals surface area contributed by atoms with Gasteiger partial charge in [-0.3, -0.25) is 4.90 Å². The molecule has 0 amide bonds. The summed E-state index contributed by atoms with van der Waals surface area (Å²) in [5.41, 5.74) is 0.00185. The maximum Gasteiger partial charge on any atom is 0.133 e. The molecule has 1 N–H and O–H groups in total. The highest BCUT2D eigenvalue weighted by molar-refractivity contribution is 5.24. The van der Waals surface area contributed by atoms with Crippen LogP contribution < -0.4 is 5.32 Å². The lowest BCUT2D eigenvalue weighted by Gasteiger charge is -2.36. The second kappa shape index (κ2) is 6.59. The van der Waals surface area contributed by atoms with Crippen molar-refractivity contribution in [2.45, 2.75) is 26.3 Å². The molecule has 0 unspecified atom stereocenters. The van der Waals surface area contributed by atoms with Crippen molar-refractivity contribution in [2.24, 2.45) is 5.92 Å². The number of nitrogens with one attached hydrogen (secondary N) is 1. The second-order valence-corrected chi connectivity index (χ2v) is 5.71. The zero-order valence-corrected chi connectivity index (χ0v) is 11.9. The number of piperazine rings is 1. The molecule has 1 aliphatic heterocycles. The quantitative estimate of drug-likeness (QED) is 0.915. The number of benzene rings is 1. The van der Waals surface area contributed by atoms with E-state index < -0.39 is 17.5 Å². The van der Waals surface area contributed by atoms with Crippen LogP contribution in [-0.2, 0) is 0 Å². The van der Waals surface area contributed by atoms with Gasteiger partial charge < -0.3 is 5.32 Å². The summed E-state index contributed by atoms with van der Waals surface area (Å²) in [5, 5.41) is 3.22. The van der Waals surface area contributed by atoms with Crippen LogP contribution in [0.3, 0.4) is 0 Å². The SMILES string of the molecule is CC(C)C[C@@H](c1c(F)cc(F)cc1F)N1CCNCC1. The van der Waals surface area contributed by atoms with Gasteiger partial charge in [-0.15, -0.1) is 0 Å². The Bertz CT molecular complexity index is 433. The molecule has 1 atom stereocenters. The molecule has 0 aromatic heterocycles. The number of halogens is 3. The average Bonchev–Trinajstić information content (AvgIpc) is 2.37. The van der Waals surface area contributed by atoms with Gasteiger partial charge in [-0.25, -0.2) is 13.2 Å². The fraction of sp³-hybridized carbons (Fsp3) is 0.600. The topological polar surface area (TPSA) is 15.3 Å². The Balaban J connectivity index is 2.35. The molecule has 5 heteroatoms. The van der Waals surface area contributed by atoms with Crippen molar-refractivity contribution in [3.05, 3.63) is 35.1 Å². The summed E-state index contributed by atoms with van der Waals surface area (Å²) >= 11 is 0. The summed E-state index contributed by atoms with van der Waals surface area (Å²) in [6.45, 7) is 7.14. The fourth-order valence-electron chi connectivity index (χ4n) is 2.76. The van der Waals surface area contributed by atoms with E-state index in [1.54, 1.807) is 0 Å². The fourth-order valence-corrected chi connectivity index (χ4v) is 2.76. The maximum absolute atomic E-state index is 14.0. The third kappa shape index (κ3) is 3.52. The highest BCUT2D eigenvalue weighted by Crippen LogP contribution is 2.32. The monoisotopic (exact) mass is 286 g/mol. The van der Waals surface area contributed by atoms with E-state index in [-0.39, 0.29) is 11.6 Å². The van der Waals surface area contributed by atoms with Gasteiger partial charge in [0.1, 0.15) is 17.5 Å². The summed E-state index contributed by atoms with van der Waals surface area (Å²) in [7, 11) is 0. The van der Waals surface area contributed by atoms with Gasteiger partial charge in [0, 0.05) is 49.9 Å². The first-order chi connectivity index (χ1) is 9.49. The normalized spacial score (nSPS) is 18.5. The van der Waals surface area contributed by atoms with Gasteiger partial charge in [-0.1, -0.05) is 13.8 Å². The first-order valence-corrected chi connectivity index (χ1v) is 7.08. The van der Waals surface area contributed by atoms with Crippen molar-refractivity contribution < 1.29 is 13.2 Å². The number of hydrogen-bond donors (Lipinski definition) is 1. The Morgan fingerprint density at radius 3 is 2.15 bits per heavy atom. The summed E-state index contributed by atoms with van der Waals surface area (Å²) in [6, 6.07) is 1.21. The first kappa shape index (κ1) is 15.3. The van der Waals surface area contributed by atoms with E-state index in [9.17, 15) is 13.2 Å². The molecule has 0 radical (unpaired) electrons. The van der Waals surface area contributed by atoms with Crippen LogP contribution in [0.5, 0.6) is 0 Å². The molecule has 2 nitrogen and oxygen atoms in total. The third-order valence-electron chi connectivity index (χ3n) is 3.66. The Hall–Kier alpha value is -1.07. The molecule has 1 heterocycles. The molecule has 1 aromatic carbocycles. The molecule has 0 saturated carbocycles. The Kier molecular flexibility index (Phi) is 5.05. The Morgan fingerprint density at radius 1 is 1.10 bits per heavy atom. The third-order valence-corrected chi connectivity index (χ3v) is 3.66. The van der Waals surface area contributed by atoms with Gasteiger partial charge in [0.15, 0.2) is 0 Å². The van der Waals surface area contributed by atoms with Gasteiger partial charge in [-0.2, -0.15) is 0 Å². The zero-order chi connectivity index (χ0) is 14.7. The largest absolute Gasteiger partial charge is 0.314 e. The number of hydrogen-bond acceptors (Lipinski definition) is 2. The number of nitrogens with zero attached hydrogens (tertiary/aromatic N) is 1. The van der Waals surface area contributed by atoms with Crippen LogP contribution in [-0.4, -0.2) is 31.1 Å². The minimum absolute atomic E-state index is 0.00185. The molecular weight excluding hydrogens is 265 g/mol. The highest BCUT2D eigenvalue weighted by atomic mass is 19.1. The summed E-state index contributed by atoms with van der Waals surface area (Å²) in [5.74, 6) is -2.13. The van der Waals surface area contributed by atoms with E-state index in [0.29, 0.717) is 12.3 Å². The van der Waals surface area contributed by atoms with E-state index >= 15 is 0 Å². The molecule has 1 saturated heterocycles. The average molecular weight is 286 g/mol. The first-order valence-electron chi connectivity index (χ1n) is 7.08.